The lowest BCUT2D eigenvalue weighted by atomic mass is 10.3. The molecule has 2 rings (SSSR count). The summed E-state index contributed by atoms with van der Waals surface area (Å²) in [6.45, 7) is 2.27. The van der Waals surface area contributed by atoms with Gasteiger partial charge in [-0.25, -0.2) is 9.97 Å². The summed E-state index contributed by atoms with van der Waals surface area (Å²) in [5, 5.41) is 7.35. The molecule has 0 amide bonds. The van der Waals surface area contributed by atoms with Crippen LogP contribution in [0.4, 0.5) is 11.6 Å². The lowest BCUT2D eigenvalue weighted by Gasteiger charge is -2.17. The molecule has 120 valence electrons. The van der Waals surface area contributed by atoms with Gasteiger partial charge in [0.1, 0.15) is 23.8 Å². The maximum Gasteiger partial charge on any atom is 0.149 e. The van der Waals surface area contributed by atoms with Gasteiger partial charge in [0.2, 0.25) is 0 Å². The molecule has 1 N–H and O–H groups in total. The van der Waals surface area contributed by atoms with Gasteiger partial charge in [-0.05, 0) is 12.8 Å². The standard InChI is InChI=1S/C14H23N7O/c1-20(10-14-17-11-18-21(14)2)13-9-15-8-12(19-13)16-6-4-5-7-22-3/h8-9,11H,4-7,10H2,1-3H3,(H,16,19). The molecule has 8 nitrogen and oxygen atoms in total. The van der Waals surface area contributed by atoms with Crippen molar-refractivity contribution in [3.63, 3.8) is 0 Å². The maximum absolute atomic E-state index is 5.03. The van der Waals surface area contributed by atoms with Crippen LogP contribution < -0.4 is 10.2 Å². The number of unbranched alkanes of at least 4 members (excludes halogenated alkanes) is 1. The van der Waals surface area contributed by atoms with E-state index in [0.29, 0.717) is 6.54 Å². The summed E-state index contributed by atoms with van der Waals surface area (Å²) in [5.41, 5.74) is 0. The van der Waals surface area contributed by atoms with Crippen LogP contribution >= 0.6 is 0 Å². The lowest BCUT2D eigenvalue weighted by Crippen LogP contribution is -2.21. The number of aryl methyl sites for hydroxylation is 1. The van der Waals surface area contributed by atoms with Crippen molar-refractivity contribution in [3.8, 4) is 0 Å². The first-order valence-corrected chi connectivity index (χ1v) is 7.29. The third-order valence-corrected chi connectivity index (χ3v) is 3.28. The molecule has 0 fully saturated rings. The molecule has 0 aliphatic carbocycles. The van der Waals surface area contributed by atoms with Gasteiger partial charge in [0, 0.05) is 34.4 Å². The fraction of sp³-hybridized carbons (Fsp3) is 0.571. The summed E-state index contributed by atoms with van der Waals surface area (Å²) in [6, 6.07) is 0. The molecule has 0 radical (unpaired) electrons. The van der Waals surface area contributed by atoms with Gasteiger partial charge >= 0.3 is 0 Å². The molecule has 0 aromatic carbocycles. The van der Waals surface area contributed by atoms with E-state index in [9.17, 15) is 0 Å². The Morgan fingerprint density at radius 3 is 2.91 bits per heavy atom. The first kappa shape index (κ1) is 16.2. The minimum atomic E-state index is 0.627. The lowest BCUT2D eigenvalue weighted by molar-refractivity contribution is 0.194. The van der Waals surface area contributed by atoms with Crippen LogP contribution in [0.2, 0.25) is 0 Å². The Hall–Kier alpha value is -2.22. The molecule has 0 atom stereocenters. The number of aromatic nitrogens is 5. The van der Waals surface area contributed by atoms with E-state index in [1.54, 1.807) is 30.5 Å². The molecule has 8 heteroatoms. The highest BCUT2D eigenvalue weighted by Crippen LogP contribution is 2.13. The van der Waals surface area contributed by atoms with Crippen LogP contribution in [-0.4, -0.2) is 52.0 Å². The van der Waals surface area contributed by atoms with E-state index in [2.05, 4.69) is 25.4 Å². The average molecular weight is 305 g/mol. The number of nitrogens with one attached hydrogen (secondary N) is 1. The number of hydrogen-bond donors (Lipinski definition) is 1. The van der Waals surface area contributed by atoms with Crippen LogP contribution in [0.25, 0.3) is 0 Å². The van der Waals surface area contributed by atoms with Crippen LogP contribution in [0, 0.1) is 0 Å². The first-order valence-electron chi connectivity index (χ1n) is 7.29. The second-order valence-corrected chi connectivity index (χ2v) is 5.05. The Morgan fingerprint density at radius 2 is 2.18 bits per heavy atom. The third kappa shape index (κ3) is 4.66. The van der Waals surface area contributed by atoms with E-state index in [0.717, 1.165) is 43.5 Å². The molecule has 0 unspecified atom stereocenters. The minimum absolute atomic E-state index is 0.627. The van der Waals surface area contributed by atoms with Crippen molar-refractivity contribution in [2.45, 2.75) is 19.4 Å². The average Bonchev–Trinajstić information content (AvgIpc) is 2.92. The highest BCUT2D eigenvalue weighted by molar-refractivity contribution is 5.43. The molecule has 0 saturated carbocycles. The van der Waals surface area contributed by atoms with Gasteiger partial charge in [0.25, 0.3) is 0 Å². The Bertz CT molecular complexity index is 572. The van der Waals surface area contributed by atoms with Gasteiger partial charge in [0.05, 0.1) is 18.9 Å². The van der Waals surface area contributed by atoms with Crippen molar-refractivity contribution in [2.75, 3.05) is 37.5 Å². The SMILES string of the molecule is COCCCCNc1cncc(N(C)Cc2ncnn2C)n1. The monoisotopic (exact) mass is 305 g/mol. The largest absolute Gasteiger partial charge is 0.385 e. The Kier molecular flexibility index (Phi) is 6.08. The van der Waals surface area contributed by atoms with E-state index >= 15 is 0 Å². The Labute approximate surface area is 130 Å². The summed E-state index contributed by atoms with van der Waals surface area (Å²) < 4.78 is 6.78. The fourth-order valence-electron chi connectivity index (χ4n) is 1.97. The van der Waals surface area contributed by atoms with Gasteiger partial charge < -0.3 is 15.0 Å². The van der Waals surface area contributed by atoms with Crippen molar-refractivity contribution >= 4 is 11.6 Å². The third-order valence-electron chi connectivity index (χ3n) is 3.28. The zero-order chi connectivity index (χ0) is 15.8. The molecular weight excluding hydrogens is 282 g/mol. The summed E-state index contributed by atoms with van der Waals surface area (Å²) in [6.07, 6.45) is 7.09. The van der Waals surface area contributed by atoms with E-state index in [4.69, 9.17) is 4.74 Å². The number of methoxy groups -OCH3 is 1. The molecule has 22 heavy (non-hydrogen) atoms. The fourth-order valence-corrected chi connectivity index (χ4v) is 1.97. The minimum Gasteiger partial charge on any atom is -0.385 e. The van der Waals surface area contributed by atoms with E-state index < -0.39 is 0 Å². The Balaban J connectivity index is 1.88. The van der Waals surface area contributed by atoms with Crippen LogP contribution in [0.15, 0.2) is 18.7 Å². The number of hydrogen-bond acceptors (Lipinski definition) is 7. The van der Waals surface area contributed by atoms with Crippen LogP contribution in [0.3, 0.4) is 0 Å². The van der Waals surface area contributed by atoms with Gasteiger partial charge in [0.15, 0.2) is 0 Å². The van der Waals surface area contributed by atoms with Crippen LogP contribution in [0.5, 0.6) is 0 Å². The molecule has 0 bridgehead atoms. The number of rotatable bonds is 9. The van der Waals surface area contributed by atoms with Gasteiger partial charge in [-0.2, -0.15) is 5.10 Å². The highest BCUT2D eigenvalue weighted by Gasteiger charge is 2.08. The zero-order valence-electron chi connectivity index (χ0n) is 13.4. The van der Waals surface area contributed by atoms with Gasteiger partial charge in [-0.1, -0.05) is 0 Å². The van der Waals surface area contributed by atoms with E-state index in [-0.39, 0.29) is 0 Å². The molecule has 0 aliphatic rings. The molecule has 0 aliphatic heterocycles. The maximum atomic E-state index is 5.03. The van der Waals surface area contributed by atoms with Gasteiger partial charge in [-0.15, -0.1) is 0 Å². The molecule has 2 heterocycles. The zero-order valence-corrected chi connectivity index (χ0v) is 13.4. The second kappa shape index (κ2) is 8.28. The second-order valence-electron chi connectivity index (χ2n) is 5.05. The summed E-state index contributed by atoms with van der Waals surface area (Å²) in [5.74, 6) is 2.45. The van der Waals surface area contributed by atoms with Crippen molar-refractivity contribution in [2.24, 2.45) is 7.05 Å². The normalized spacial score (nSPS) is 10.7. The summed E-state index contributed by atoms with van der Waals surface area (Å²) in [4.78, 5) is 15.0. The van der Waals surface area contributed by atoms with Crippen LogP contribution in [-0.2, 0) is 18.3 Å². The number of ether oxygens (including phenoxy) is 1. The van der Waals surface area contributed by atoms with Gasteiger partial charge in [-0.3, -0.25) is 9.67 Å². The van der Waals surface area contributed by atoms with Crippen molar-refractivity contribution in [1.29, 1.82) is 0 Å². The first-order chi connectivity index (χ1) is 10.7. The highest BCUT2D eigenvalue weighted by atomic mass is 16.5. The molecule has 2 aromatic heterocycles. The molecule has 2 aromatic rings. The Morgan fingerprint density at radius 1 is 1.32 bits per heavy atom. The van der Waals surface area contributed by atoms with Crippen molar-refractivity contribution in [3.05, 3.63) is 24.5 Å². The molecule has 0 saturated heterocycles. The predicted octanol–water partition coefficient (Wildman–Crippen LogP) is 1.08. The summed E-state index contributed by atoms with van der Waals surface area (Å²) >= 11 is 0. The van der Waals surface area contributed by atoms with E-state index in [1.807, 2.05) is 19.0 Å². The van der Waals surface area contributed by atoms with Crippen LogP contribution in [0.1, 0.15) is 18.7 Å². The smallest absolute Gasteiger partial charge is 0.149 e. The van der Waals surface area contributed by atoms with E-state index in [1.165, 1.54) is 0 Å². The van der Waals surface area contributed by atoms with Crippen molar-refractivity contribution < 1.29 is 4.74 Å². The predicted molar refractivity (Wildman–Crippen MR) is 84.7 cm³/mol. The molecule has 0 spiro atoms. The topological polar surface area (TPSA) is 81.0 Å². The van der Waals surface area contributed by atoms with Crippen molar-refractivity contribution in [1.82, 2.24) is 24.7 Å². The number of nitrogens with zero attached hydrogens (tertiary/aromatic N) is 6. The quantitative estimate of drug-likeness (QED) is 0.694. The molecular formula is C14H23N7O. The summed E-state index contributed by atoms with van der Waals surface area (Å²) in [7, 11) is 5.55. The number of anilines is 2.